The Hall–Kier alpha value is -3.16. The van der Waals surface area contributed by atoms with Gasteiger partial charge in [-0.25, -0.2) is 4.98 Å². The molecule has 4 heterocycles. The number of benzene rings is 1. The summed E-state index contributed by atoms with van der Waals surface area (Å²) in [6.45, 7) is 3.47. The molecule has 176 valence electrons. The second-order valence-corrected chi connectivity index (χ2v) is 8.90. The van der Waals surface area contributed by atoms with E-state index in [0.29, 0.717) is 23.1 Å². The van der Waals surface area contributed by atoms with Crippen molar-refractivity contribution in [2.24, 2.45) is 7.05 Å². The van der Waals surface area contributed by atoms with Gasteiger partial charge in [0.05, 0.1) is 28.6 Å². The normalized spacial score (nSPS) is 16.0. The zero-order chi connectivity index (χ0) is 23.5. The monoisotopic (exact) mass is 478 g/mol. The summed E-state index contributed by atoms with van der Waals surface area (Å²) in [5, 5.41) is 5.82. The number of pyridine rings is 2. The van der Waals surface area contributed by atoms with Crippen molar-refractivity contribution < 1.29 is 14.2 Å². The van der Waals surface area contributed by atoms with Gasteiger partial charge in [0, 0.05) is 42.7 Å². The molecule has 7 nitrogen and oxygen atoms in total. The van der Waals surface area contributed by atoms with Crippen molar-refractivity contribution in [3.05, 3.63) is 65.2 Å². The summed E-state index contributed by atoms with van der Waals surface area (Å²) in [4.78, 5) is 8.98. The van der Waals surface area contributed by atoms with E-state index < -0.39 is 0 Å². The maximum atomic E-state index is 6.49. The molecule has 1 fully saturated rings. The standard InChI is InChI=1S/C26H27ClN4O3/c1-17-12-20(23-9-10-29-31(23)2)19-7-5-8-24(26(19)30-17)34-16-21-22(27)13-28-14-25(21)33-15-18-6-3-4-11-32-18/h5,7-10,12-14,18H,3-4,6,11,15-16H2,1-2H3. The third-order valence-corrected chi connectivity index (χ3v) is 6.39. The third-order valence-electron chi connectivity index (χ3n) is 6.06. The van der Waals surface area contributed by atoms with E-state index in [9.17, 15) is 0 Å². The Morgan fingerprint density at radius 1 is 1.15 bits per heavy atom. The fourth-order valence-electron chi connectivity index (χ4n) is 4.30. The number of rotatable bonds is 7. The molecular weight excluding hydrogens is 452 g/mol. The largest absolute Gasteiger partial charge is 0.489 e. The molecule has 8 heteroatoms. The number of halogens is 1. The van der Waals surface area contributed by atoms with Crippen LogP contribution in [0.15, 0.2) is 48.9 Å². The van der Waals surface area contributed by atoms with Crippen LogP contribution in [0, 0.1) is 6.92 Å². The first-order valence-corrected chi connectivity index (χ1v) is 11.9. The Balaban J connectivity index is 1.41. The number of ether oxygens (including phenoxy) is 3. The van der Waals surface area contributed by atoms with Crippen molar-refractivity contribution >= 4 is 22.5 Å². The van der Waals surface area contributed by atoms with E-state index in [1.54, 1.807) is 18.6 Å². The number of fused-ring (bicyclic) bond motifs is 1. The molecule has 0 amide bonds. The Morgan fingerprint density at radius 3 is 2.85 bits per heavy atom. The maximum absolute atomic E-state index is 6.49. The van der Waals surface area contributed by atoms with Crippen molar-refractivity contribution in [1.82, 2.24) is 19.7 Å². The predicted molar refractivity (Wildman–Crippen MR) is 131 cm³/mol. The van der Waals surface area contributed by atoms with Gasteiger partial charge in [-0.1, -0.05) is 23.7 Å². The summed E-state index contributed by atoms with van der Waals surface area (Å²) in [7, 11) is 1.93. The summed E-state index contributed by atoms with van der Waals surface area (Å²) in [5.41, 5.74) is 4.53. The van der Waals surface area contributed by atoms with E-state index in [2.05, 4.69) is 22.2 Å². The van der Waals surface area contributed by atoms with Crippen molar-refractivity contribution in [3.63, 3.8) is 0 Å². The summed E-state index contributed by atoms with van der Waals surface area (Å²) in [5.74, 6) is 1.29. The van der Waals surface area contributed by atoms with Crippen LogP contribution >= 0.6 is 11.6 Å². The minimum Gasteiger partial charge on any atom is -0.489 e. The fraction of sp³-hybridized carbons (Fsp3) is 0.346. The highest BCUT2D eigenvalue weighted by molar-refractivity contribution is 6.31. The van der Waals surface area contributed by atoms with Crippen molar-refractivity contribution in [2.75, 3.05) is 13.2 Å². The lowest BCUT2D eigenvalue weighted by atomic mass is 10.0. The summed E-state index contributed by atoms with van der Waals surface area (Å²) in [6.07, 6.45) is 8.44. The topological polar surface area (TPSA) is 71.3 Å². The van der Waals surface area contributed by atoms with Crippen LogP contribution in [-0.4, -0.2) is 39.1 Å². The zero-order valence-corrected chi connectivity index (χ0v) is 20.1. The highest BCUT2D eigenvalue weighted by Crippen LogP contribution is 2.34. The summed E-state index contributed by atoms with van der Waals surface area (Å²) >= 11 is 6.49. The van der Waals surface area contributed by atoms with Crippen LogP contribution in [0.2, 0.25) is 5.02 Å². The van der Waals surface area contributed by atoms with Gasteiger partial charge in [-0.05, 0) is 44.4 Å². The first kappa shape index (κ1) is 22.6. The molecule has 1 unspecified atom stereocenters. The third kappa shape index (κ3) is 4.72. The molecule has 0 radical (unpaired) electrons. The molecule has 1 aliphatic rings. The second-order valence-electron chi connectivity index (χ2n) is 8.49. The second kappa shape index (κ2) is 9.99. The van der Waals surface area contributed by atoms with Gasteiger partial charge in [0.1, 0.15) is 30.2 Å². The minimum atomic E-state index is 0.0946. The number of aromatic nitrogens is 4. The van der Waals surface area contributed by atoms with Crippen LogP contribution in [0.25, 0.3) is 22.2 Å². The molecular formula is C26H27ClN4O3. The van der Waals surface area contributed by atoms with E-state index in [4.69, 9.17) is 30.8 Å². The average molecular weight is 479 g/mol. The average Bonchev–Trinajstić information content (AvgIpc) is 3.28. The molecule has 3 aromatic heterocycles. The minimum absolute atomic E-state index is 0.0946. The van der Waals surface area contributed by atoms with Gasteiger partial charge in [0.25, 0.3) is 0 Å². The predicted octanol–water partition coefficient (Wildman–Crippen LogP) is 5.52. The molecule has 0 bridgehead atoms. The molecule has 0 aliphatic carbocycles. The van der Waals surface area contributed by atoms with E-state index in [1.807, 2.05) is 36.9 Å². The SMILES string of the molecule is Cc1cc(-c2ccnn2C)c2cccc(OCc3c(Cl)cncc3OCC3CCCCO3)c2n1. The van der Waals surface area contributed by atoms with Gasteiger partial charge in [-0.2, -0.15) is 5.10 Å². The molecule has 1 atom stereocenters. The van der Waals surface area contributed by atoms with Gasteiger partial charge >= 0.3 is 0 Å². The van der Waals surface area contributed by atoms with Crippen LogP contribution < -0.4 is 9.47 Å². The molecule has 34 heavy (non-hydrogen) atoms. The Morgan fingerprint density at radius 2 is 2.06 bits per heavy atom. The van der Waals surface area contributed by atoms with Crippen molar-refractivity contribution in [3.8, 4) is 22.8 Å². The summed E-state index contributed by atoms with van der Waals surface area (Å²) < 4.78 is 20.0. The lowest BCUT2D eigenvalue weighted by Crippen LogP contribution is -2.26. The maximum Gasteiger partial charge on any atom is 0.146 e. The first-order valence-electron chi connectivity index (χ1n) is 11.5. The molecule has 1 saturated heterocycles. The Bertz CT molecular complexity index is 1300. The quantitative estimate of drug-likeness (QED) is 0.348. The van der Waals surface area contributed by atoms with Gasteiger partial charge in [0.15, 0.2) is 0 Å². The molecule has 0 N–H and O–H groups in total. The summed E-state index contributed by atoms with van der Waals surface area (Å²) in [6, 6.07) is 10.0. The first-order chi connectivity index (χ1) is 16.6. The number of hydrogen-bond donors (Lipinski definition) is 0. The lowest BCUT2D eigenvalue weighted by Gasteiger charge is -2.23. The van der Waals surface area contributed by atoms with Crippen LogP contribution in [0.4, 0.5) is 0 Å². The van der Waals surface area contributed by atoms with E-state index in [1.165, 1.54) is 0 Å². The number of para-hydroxylation sites is 1. The molecule has 0 saturated carbocycles. The van der Waals surface area contributed by atoms with Gasteiger partial charge < -0.3 is 14.2 Å². The number of nitrogens with zero attached hydrogens (tertiary/aromatic N) is 4. The molecule has 4 aromatic rings. The van der Waals surface area contributed by atoms with Crippen molar-refractivity contribution in [2.45, 2.75) is 38.9 Å². The highest BCUT2D eigenvalue weighted by Gasteiger charge is 2.18. The Kier molecular flexibility index (Phi) is 6.65. The van der Waals surface area contributed by atoms with Crippen molar-refractivity contribution in [1.29, 1.82) is 0 Å². The van der Waals surface area contributed by atoms with Crippen LogP contribution in [0.5, 0.6) is 11.5 Å². The molecule has 1 aliphatic heterocycles. The molecule has 5 rings (SSSR count). The lowest BCUT2D eigenvalue weighted by molar-refractivity contribution is -0.0114. The zero-order valence-electron chi connectivity index (χ0n) is 19.3. The van der Waals surface area contributed by atoms with E-state index in [-0.39, 0.29) is 12.7 Å². The smallest absolute Gasteiger partial charge is 0.146 e. The van der Waals surface area contributed by atoms with Crippen LogP contribution in [-0.2, 0) is 18.4 Å². The van der Waals surface area contributed by atoms with Gasteiger partial charge in [-0.3, -0.25) is 9.67 Å². The number of hydrogen-bond acceptors (Lipinski definition) is 6. The molecule has 0 spiro atoms. The van der Waals surface area contributed by atoms with Gasteiger partial charge in [-0.15, -0.1) is 0 Å². The van der Waals surface area contributed by atoms with Crippen LogP contribution in [0.1, 0.15) is 30.5 Å². The molecule has 1 aromatic carbocycles. The highest BCUT2D eigenvalue weighted by atomic mass is 35.5. The van der Waals surface area contributed by atoms with Crippen LogP contribution in [0.3, 0.4) is 0 Å². The van der Waals surface area contributed by atoms with Gasteiger partial charge in [0.2, 0.25) is 0 Å². The van der Waals surface area contributed by atoms with E-state index >= 15 is 0 Å². The fourth-order valence-corrected chi connectivity index (χ4v) is 4.50. The van der Waals surface area contributed by atoms with E-state index in [0.717, 1.165) is 59.3 Å². The Labute approximate surface area is 203 Å². The number of aryl methyl sites for hydroxylation is 2.